The number of carboxylic acids is 1. The van der Waals surface area contributed by atoms with Gasteiger partial charge in [0.1, 0.15) is 5.75 Å². The molecule has 0 amide bonds. The summed E-state index contributed by atoms with van der Waals surface area (Å²) in [7, 11) is 0. The molecule has 0 saturated carbocycles. The lowest BCUT2D eigenvalue weighted by molar-refractivity contribution is -0.274. The molecule has 0 bridgehead atoms. The molecule has 3 nitrogen and oxygen atoms in total. The normalized spacial score (nSPS) is 12.7. The molecule has 0 saturated heterocycles. The number of carbonyl (C=O) groups is 1. The van der Waals surface area contributed by atoms with Gasteiger partial charge in [-0.2, -0.15) is 0 Å². The van der Waals surface area contributed by atoms with Gasteiger partial charge in [-0.1, -0.05) is 26.0 Å². The lowest BCUT2D eigenvalue weighted by atomic mass is 9.88. The van der Waals surface area contributed by atoms with Crippen molar-refractivity contribution in [3.05, 3.63) is 29.8 Å². The van der Waals surface area contributed by atoms with Gasteiger partial charge in [0.05, 0.1) is 5.92 Å². The Balaban J connectivity index is 0.00000324. The van der Waals surface area contributed by atoms with Gasteiger partial charge in [-0.25, -0.2) is 0 Å². The van der Waals surface area contributed by atoms with Crippen LogP contribution < -0.4 is 4.74 Å². The number of halogens is 4. The fourth-order valence-corrected chi connectivity index (χ4v) is 1.69. The zero-order valence-corrected chi connectivity index (χ0v) is 11.1. The molecule has 0 fully saturated rings. The molecule has 108 valence electrons. The van der Waals surface area contributed by atoms with Crippen LogP contribution in [0.5, 0.6) is 5.75 Å². The third-order valence-corrected chi connectivity index (χ3v) is 2.41. The molecule has 0 aliphatic carbocycles. The molecule has 0 aliphatic rings. The van der Waals surface area contributed by atoms with Crippen molar-refractivity contribution in [1.82, 2.24) is 0 Å². The Kier molecular flexibility index (Phi) is 6.15. The first-order chi connectivity index (χ1) is 8.20. The van der Waals surface area contributed by atoms with E-state index in [0.717, 1.165) is 12.1 Å². The van der Waals surface area contributed by atoms with Crippen LogP contribution in [0.15, 0.2) is 24.3 Å². The molecule has 1 atom stereocenters. The highest BCUT2D eigenvalue weighted by molar-refractivity contribution is 5.85. The van der Waals surface area contributed by atoms with Crippen LogP contribution in [0.25, 0.3) is 0 Å². The Bertz CT molecular complexity index is 415. The van der Waals surface area contributed by atoms with E-state index in [1.165, 1.54) is 12.1 Å². The summed E-state index contributed by atoms with van der Waals surface area (Å²) in [6.07, 6.45) is -4.74. The Morgan fingerprint density at radius 2 is 1.68 bits per heavy atom. The number of alkyl halides is 3. The highest BCUT2D eigenvalue weighted by Crippen LogP contribution is 2.28. The summed E-state index contributed by atoms with van der Waals surface area (Å²) in [5, 5.41) is 9.04. The van der Waals surface area contributed by atoms with Gasteiger partial charge < -0.3 is 9.84 Å². The first-order valence-corrected chi connectivity index (χ1v) is 5.29. The third kappa shape index (κ3) is 5.38. The minimum Gasteiger partial charge on any atom is -0.481 e. The van der Waals surface area contributed by atoms with Crippen LogP contribution in [0.2, 0.25) is 0 Å². The molecule has 0 heterocycles. The van der Waals surface area contributed by atoms with Crippen molar-refractivity contribution in [1.29, 1.82) is 0 Å². The predicted molar refractivity (Wildman–Crippen MR) is 65.6 cm³/mol. The molecular weight excluding hydrogens is 285 g/mol. The number of hydrogen-bond acceptors (Lipinski definition) is 2. The summed E-state index contributed by atoms with van der Waals surface area (Å²) < 4.78 is 39.5. The Hall–Kier alpha value is -1.43. The van der Waals surface area contributed by atoms with E-state index < -0.39 is 18.2 Å². The largest absolute Gasteiger partial charge is 0.573 e. The molecule has 19 heavy (non-hydrogen) atoms. The van der Waals surface area contributed by atoms with Crippen molar-refractivity contribution in [3.8, 4) is 5.75 Å². The number of hydrogen-bond donors (Lipinski definition) is 1. The van der Waals surface area contributed by atoms with Crippen molar-refractivity contribution >= 4 is 18.4 Å². The van der Waals surface area contributed by atoms with E-state index in [2.05, 4.69) is 4.74 Å². The smallest absolute Gasteiger partial charge is 0.481 e. The monoisotopic (exact) mass is 298 g/mol. The zero-order chi connectivity index (χ0) is 13.9. The second-order valence-electron chi connectivity index (χ2n) is 4.18. The van der Waals surface area contributed by atoms with Gasteiger partial charge >= 0.3 is 12.3 Å². The number of rotatable bonds is 4. The van der Waals surface area contributed by atoms with Gasteiger partial charge in [0.15, 0.2) is 0 Å². The maximum Gasteiger partial charge on any atom is 0.573 e. The molecule has 1 aromatic carbocycles. The Labute approximate surface area is 114 Å². The van der Waals surface area contributed by atoms with Gasteiger partial charge in [0.2, 0.25) is 0 Å². The molecule has 0 aromatic heterocycles. The molecule has 1 N–H and O–H groups in total. The highest BCUT2D eigenvalue weighted by Gasteiger charge is 2.31. The van der Waals surface area contributed by atoms with Gasteiger partial charge in [-0.15, -0.1) is 25.6 Å². The molecule has 1 rings (SSSR count). The van der Waals surface area contributed by atoms with E-state index in [0.29, 0.717) is 5.56 Å². The van der Waals surface area contributed by atoms with Crippen molar-refractivity contribution in [2.45, 2.75) is 26.1 Å². The topological polar surface area (TPSA) is 46.5 Å². The van der Waals surface area contributed by atoms with Gasteiger partial charge in [-0.3, -0.25) is 4.79 Å². The van der Waals surface area contributed by atoms with Crippen molar-refractivity contribution in [3.63, 3.8) is 0 Å². The molecule has 1 unspecified atom stereocenters. The Morgan fingerprint density at radius 3 is 2.00 bits per heavy atom. The maximum absolute atomic E-state index is 11.9. The highest BCUT2D eigenvalue weighted by atomic mass is 35.5. The van der Waals surface area contributed by atoms with E-state index in [4.69, 9.17) is 5.11 Å². The molecule has 1 aromatic rings. The standard InChI is InChI=1S/C12H13F3O3.ClH/c1-7(2)10(11(16)17)8-3-5-9(6-4-8)18-12(13,14)15;/h3-7,10H,1-2H3,(H,16,17);1H. The van der Waals surface area contributed by atoms with Crippen LogP contribution in [-0.2, 0) is 4.79 Å². The number of ether oxygens (including phenoxy) is 1. The molecule has 0 aliphatic heterocycles. The van der Waals surface area contributed by atoms with Crippen LogP contribution in [0, 0.1) is 5.92 Å². The molecule has 0 radical (unpaired) electrons. The minimum absolute atomic E-state index is 0. The summed E-state index contributed by atoms with van der Waals surface area (Å²) in [6, 6.07) is 4.89. The summed E-state index contributed by atoms with van der Waals surface area (Å²) in [5.74, 6) is -2.27. The first-order valence-electron chi connectivity index (χ1n) is 5.29. The lowest BCUT2D eigenvalue weighted by Crippen LogP contribution is -2.18. The maximum atomic E-state index is 11.9. The molecular formula is C12H14ClF3O3. The number of aliphatic carboxylic acids is 1. The summed E-state index contributed by atoms with van der Waals surface area (Å²) >= 11 is 0. The van der Waals surface area contributed by atoms with Crippen LogP contribution in [0.4, 0.5) is 13.2 Å². The molecule has 0 spiro atoms. The van der Waals surface area contributed by atoms with E-state index in [9.17, 15) is 18.0 Å². The minimum atomic E-state index is -4.74. The molecule has 7 heteroatoms. The number of benzene rings is 1. The van der Waals surface area contributed by atoms with Crippen LogP contribution in [-0.4, -0.2) is 17.4 Å². The SMILES string of the molecule is CC(C)C(C(=O)O)c1ccc(OC(F)(F)F)cc1.Cl. The van der Waals surface area contributed by atoms with Gasteiger partial charge in [0.25, 0.3) is 0 Å². The fraction of sp³-hybridized carbons (Fsp3) is 0.417. The van der Waals surface area contributed by atoms with Gasteiger partial charge in [-0.05, 0) is 23.6 Å². The van der Waals surface area contributed by atoms with E-state index in [1.54, 1.807) is 13.8 Å². The lowest BCUT2D eigenvalue weighted by Gasteiger charge is -2.17. The average Bonchev–Trinajstić information content (AvgIpc) is 2.17. The van der Waals surface area contributed by atoms with Crippen molar-refractivity contribution < 1.29 is 27.8 Å². The van der Waals surface area contributed by atoms with Crippen molar-refractivity contribution in [2.75, 3.05) is 0 Å². The summed E-state index contributed by atoms with van der Waals surface area (Å²) in [6.45, 7) is 3.47. The third-order valence-electron chi connectivity index (χ3n) is 2.41. The van der Waals surface area contributed by atoms with Crippen LogP contribution in [0.3, 0.4) is 0 Å². The second-order valence-corrected chi connectivity index (χ2v) is 4.18. The van der Waals surface area contributed by atoms with E-state index >= 15 is 0 Å². The average molecular weight is 299 g/mol. The van der Waals surface area contributed by atoms with E-state index in [1.807, 2.05) is 0 Å². The van der Waals surface area contributed by atoms with Crippen molar-refractivity contribution in [2.24, 2.45) is 5.92 Å². The zero-order valence-electron chi connectivity index (χ0n) is 10.3. The summed E-state index contributed by atoms with van der Waals surface area (Å²) in [5.41, 5.74) is 0.451. The summed E-state index contributed by atoms with van der Waals surface area (Å²) in [4.78, 5) is 11.0. The number of carboxylic acid groups (broad SMARTS) is 1. The first kappa shape index (κ1) is 17.6. The van der Waals surface area contributed by atoms with Gasteiger partial charge in [0, 0.05) is 0 Å². The Morgan fingerprint density at radius 1 is 1.21 bits per heavy atom. The van der Waals surface area contributed by atoms with E-state index in [-0.39, 0.29) is 24.1 Å². The van der Waals surface area contributed by atoms with Crippen LogP contribution in [0.1, 0.15) is 25.3 Å². The fourth-order valence-electron chi connectivity index (χ4n) is 1.69. The second kappa shape index (κ2) is 6.65. The predicted octanol–water partition coefficient (Wildman–Crippen LogP) is 3.83. The quantitative estimate of drug-likeness (QED) is 0.919. The van der Waals surface area contributed by atoms with Crippen LogP contribution >= 0.6 is 12.4 Å².